The lowest BCUT2D eigenvalue weighted by Crippen LogP contribution is -2.27. The van der Waals surface area contributed by atoms with Crippen molar-refractivity contribution < 1.29 is 13.9 Å². The van der Waals surface area contributed by atoms with Crippen molar-refractivity contribution >= 4 is 5.91 Å². The van der Waals surface area contributed by atoms with Crippen LogP contribution in [0.4, 0.5) is 4.39 Å². The maximum absolute atomic E-state index is 12.7. The van der Waals surface area contributed by atoms with Crippen LogP contribution in [0.1, 0.15) is 15.9 Å². The fourth-order valence-electron chi connectivity index (χ4n) is 1.70. The topological polar surface area (TPSA) is 38.3 Å². The third kappa shape index (κ3) is 4.48. The number of benzene rings is 2. The van der Waals surface area contributed by atoms with Crippen molar-refractivity contribution in [2.24, 2.45) is 0 Å². The summed E-state index contributed by atoms with van der Waals surface area (Å²) in [5, 5.41) is 2.72. The molecule has 0 bridgehead atoms. The number of hydrogen-bond donors (Lipinski definition) is 1. The highest BCUT2D eigenvalue weighted by atomic mass is 19.1. The Morgan fingerprint density at radius 1 is 1.05 bits per heavy atom. The van der Waals surface area contributed by atoms with E-state index >= 15 is 0 Å². The minimum Gasteiger partial charge on any atom is -0.375 e. The van der Waals surface area contributed by atoms with Gasteiger partial charge in [-0.1, -0.05) is 30.3 Å². The summed E-state index contributed by atoms with van der Waals surface area (Å²) in [6.45, 7) is 1.37. The lowest BCUT2D eigenvalue weighted by Gasteiger charge is -2.06. The Bertz CT molecular complexity index is 540. The Morgan fingerprint density at radius 3 is 2.45 bits per heavy atom. The standard InChI is InChI=1S/C16H16FNO2/c17-15-8-6-14(7-9-15)16(19)18-10-11-20-12-13-4-2-1-3-5-13/h1-9H,10-12H2,(H,18,19). The van der Waals surface area contributed by atoms with Crippen LogP contribution in [0.15, 0.2) is 54.6 Å². The molecule has 0 radical (unpaired) electrons. The van der Waals surface area contributed by atoms with Crippen LogP contribution in [-0.4, -0.2) is 19.1 Å². The van der Waals surface area contributed by atoms with Crippen LogP contribution < -0.4 is 5.32 Å². The maximum atomic E-state index is 12.7. The number of rotatable bonds is 6. The molecule has 0 heterocycles. The fourth-order valence-corrected chi connectivity index (χ4v) is 1.70. The van der Waals surface area contributed by atoms with Gasteiger partial charge < -0.3 is 10.1 Å². The summed E-state index contributed by atoms with van der Waals surface area (Å²) < 4.78 is 18.2. The molecule has 0 unspecified atom stereocenters. The Kier molecular flexibility index (Phi) is 5.26. The van der Waals surface area contributed by atoms with Gasteiger partial charge in [-0.25, -0.2) is 4.39 Å². The van der Waals surface area contributed by atoms with Crippen LogP contribution >= 0.6 is 0 Å². The average molecular weight is 273 g/mol. The van der Waals surface area contributed by atoms with E-state index in [2.05, 4.69) is 5.32 Å². The molecule has 1 N–H and O–H groups in total. The number of ether oxygens (including phenoxy) is 1. The van der Waals surface area contributed by atoms with Gasteiger partial charge in [0.2, 0.25) is 0 Å². The normalized spacial score (nSPS) is 10.2. The molecule has 0 aliphatic heterocycles. The fraction of sp³-hybridized carbons (Fsp3) is 0.188. The van der Waals surface area contributed by atoms with E-state index in [1.807, 2.05) is 30.3 Å². The zero-order chi connectivity index (χ0) is 14.2. The van der Waals surface area contributed by atoms with Gasteiger partial charge in [-0.3, -0.25) is 4.79 Å². The lowest BCUT2D eigenvalue weighted by molar-refractivity contribution is 0.0901. The third-order valence-corrected chi connectivity index (χ3v) is 2.75. The monoisotopic (exact) mass is 273 g/mol. The van der Waals surface area contributed by atoms with Gasteiger partial charge in [-0.05, 0) is 29.8 Å². The van der Waals surface area contributed by atoms with E-state index in [9.17, 15) is 9.18 Å². The summed E-state index contributed by atoms with van der Waals surface area (Å²) >= 11 is 0. The second-order valence-corrected chi connectivity index (χ2v) is 4.30. The molecule has 3 nitrogen and oxygen atoms in total. The summed E-state index contributed by atoms with van der Waals surface area (Å²) in [4.78, 5) is 11.7. The van der Waals surface area contributed by atoms with E-state index in [-0.39, 0.29) is 11.7 Å². The number of nitrogens with one attached hydrogen (secondary N) is 1. The second kappa shape index (κ2) is 7.40. The lowest BCUT2D eigenvalue weighted by atomic mass is 10.2. The predicted octanol–water partition coefficient (Wildman–Crippen LogP) is 2.77. The van der Waals surface area contributed by atoms with E-state index in [4.69, 9.17) is 4.74 Å². The number of hydrogen-bond acceptors (Lipinski definition) is 2. The highest BCUT2D eigenvalue weighted by Crippen LogP contribution is 2.02. The first-order valence-electron chi connectivity index (χ1n) is 6.41. The first-order valence-corrected chi connectivity index (χ1v) is 6.41. The highest BCUT2D eigenvalue weighted by molar-refractivity contribution is 5.94. The number of halogens is 1. The minimum atomic E-state index is -0.354. The van der Waals surface area contributed by atoms with Crippen LogP contribution in [0.2, 0.25) is 0 Å². The number of amides is 1. The molecule has 20 heavy (non-hydrogen) atoms. The summed E-state index contributed by atoms with van der Waals surface area (Å²) in [5.41, 5.74) is 1.53. The molecular weight excluding hydrogens is 257 g/mol. The van der Waals surface area contributed by atoms with Crippen LogP contribution in [0, 0.1) is 5.82 Å². The molecule has 4 heteroatoms. The molecule has 2 aromatic carbocycles. The SMILES string of the molecule is O=C(NCCOCc1ccccc1)c1ccc(F)cc1. The molecule has 0 saturated carbocycles. The van der Waals surface area contributed by atoms with E-state index in [1.165, 1.54) is 24.3 Å². The van der Waals surface area contributed by atoms with E-state index in [1.54, 1.807) is 0 Å². The molecule has 0 aromatic heterocycles. The predicted molar refractivity (Wildman–Crippen MR) is 74.8 cm³/mol. The largest absolute Gasteiger partial charge is 0.375 e. The van der Waals surface area contributed by atoms with Crippen molar-refractivity contribution in [1.29, 1.82) is 0 Å². The average Bonchev–Trinajstić information content (AvgIpc) is 2.48. The summed E-state index contributed by atoms with van der Waals surface area (Å²) in [7, 11) is 0. The minimum absolute atomic E-state index is 0.228. The maximum Gasteiger partial charge on any atom is 0.251 e. The molecule has 104 valence electrons. The Balaban J connectivity index is 1.66. The van der Waals surface area contributed by atoms with Crippen LogP contribution in [0.3, 0.4) is 0 Å². The van der Waals surface area contributed by atoms with E-state index < -0.39 is 0 Å². The van der Waals surface area contributed by atoms with Crippen molar-refractivity contribution in [3.8, 4) is 0 Å². The Morgan fingerprint density at radius 2 is 1.75 bits per heavy atom. The summed E-state index contributed by atoms with van der Waals surface area (Å²) in [6, 6.07) is 15.3. The smallest absolute Gasteiger partial charge is 0.251 e. The van der Waals surface area contributed by atoms with Crippen LogP contribution in [-0.2, 0) is 11.3 Å². The van der Waals surface area contributed by atoms with Crippen molar-refractivity contribution in [2.75, 3.05) is 13.2 Å². The second-order valence-electron chi connectivity index (χ2n) is 4.30. The van der Waals surface area contributed by atoms with Crippen molar-refractivity contribution in [3.63, 3.8) is 0 Å². The molecule has 1 amide bonds. The molecule has 0 fully saturated rings. The molecule has 0 aliphatic carbocycles. The Hall–Kier alpha value is -2.20. The van der Waals surface area contributed by atoms with Crippen molar-refractivity contribution in [2.45, 2.75) is 6.61 Å². The van der Waals surface area contributed by atoms with Gasteiger partial charge >= 0.3 is 0 Å². The van der Waals surface area contributed by atoms with Crippen LogP contribution in [0.25, 0.3) is 0 Å². The highest BCUT2D eigenvalue weighted by Gasteiger charge is 2.04. The van der Waals surface area contributed by atoms with Gasteiger partial charge in [0.15, 0.2) is 0 Å². The van der Waals surface area contributed by atoms with Gasteiger partial charge in [0.05, 0.1) is 13.2 Å². The number of carbonyl (C=O) groups is 1. The molecule has 0 atom stereocenters. The van der Waals surface area contributed by atoms with Gasteiger partial charge in [0.1, 0.15) is 5.82 Å². The summed E-state index contributed by atoms with van der Waals surface area (Å²) in [5.74, 6) is -0.582. The zero-order valence-electron chi connectivity index (χ0n) is 11.0. The molecule has 2 rings (SSSR count). The molecular formula is C16H16FNO2. The quantitative estimate of drug-likeness (QED) is 0.822. The molecule has 0 aliphatic rings. The Labute approximate surface area is 117 Å². The summed E-state index contributed by atoms with van der Waals surface area (Å²) in [6.07, 6.45) is 0. The van der Waals surface area contributed by atoms with Gasteiger partial charge in [0.25, 0.3) is 5.91 Å². The zero-order valence-corrected chi connectivity index (χ0v) is 11.0. The van der Waals surface area contributed by atoms with Gasteiger partial charge in [-0.15, -0.1) is 0 Å². The van der Waals surface area contributed by atoms with E-state index in [0.29, 0.717) is 25.3 Å². The third-order valence-electron chi connectivity index (χ3n) is 2.75. The number of carbonyl (C=O) groups excluding carboxylic acids is 1. The molecule has 0 spiro atoms. The van der Waals surface area contributed by atoms with Crippen LogP contribution in [0.5, 0.6) is 0 Å². The van der Waals surface area contributed by atoms with Gasteiger partial charge in [0, 0.05) is 12.1 Å². The van der Waals surface area contributed by atoms with E-state index in [0.717, 1.165) is 5.56 Å². The van der Waals surface area contributed by atoms with Crippen molar-refractivity contribution in [1.82, 2.24) is 5.32 Å². The van der Waals surface area contributed by atoms with Crippen molar-refractivity contribution in [3.05, 3.63) is 71.5 Å². The molecule has 2 aromatic rings. The molecule has 0 saturated heterocycles. The first-order chi connectivity index (χ1) is 9.75. The van der Waals surface area contributed by atoms with Gasteiger partial charge in [-0.2, -0.15) is 0 Å². The first kappa shape index (κ1) is 14.2.